The summed E-state index contributed by atoms with van der Waals surface area (Å²) in [5, 5.41) is 0. The first-order chi connectivity index (χ1) is 12.2. The molecule has 0 bridgehead atoms. The molecule has 0 radical (unpaired) electrons. The molecule has 1 aliphatic rings. The van der Waals surface area contributed by atoms with Crippen molar-refractivity contribution in [2.45, 2.75) is 26.3 Å². The van der Waals surface area contributed by atoms with Gasteiger partial charge in [0, 0.05) is 37.9 Å². The number of aromatic nitrogens is 1. The molecule has 1 aliphatic heterocycles. The van der Waals surface area contributed by atoms with E-state index < -0.39 is 0 Å². The second-order valence-electron chi connectivity index (χ2n) is 6.23. The second-order valence-corrected chi connectivity index (χ2v) is 6.23. The van der Waals surface area contributed by atoms with Gasteiger partial charge in [-0.05, 0) is 37.5 Å². The molecule has 0 N–H and O–H groups in total. The SMILES string of the molecule is CCN(Cc1ccccc1)C(=O)c1ccnc(C(=O)N2CCCC2)c1. The lowest BCUT2D eigenvalue weighted by Crippen LogP contribution is -2.31. The molecular formula is C20H23N3O2. The van der Waals surface area contributed by atoms with Gasteiger partial charge in [0.25, 0.3) is 11.8 Å². The van der Waals surface area contributed by atoms with Crippen LogP contribution in [0.5, 0.6) is 0 Å². The monoisotopic (exact) mass is 337 g/mol. The number of hydrogen-bond donors (Lipinski definition) is 0. The molecule has 0 atom stereocenters. The third-order valence-electron chi connectivity index (χ3n) is 4.50. The Morgan fingerprint density at radius 3 is 2.52 bits per heavy atom. The average molecular weight is 337 g/mol. The number of carbonyl (C=O) groups excluding carboxylic acids is 2. The van der Waals surface area contributed by atoms with E-state index in [0.717, 1.165) is 31.5 Å². The van der Waals surface area contributed by atoms with E-state index in [4.69, 9.17) is 0 Å². The summed E-state index contributed by atoms with van der Waals surface area (Å²) in [6.07, 6.45) is 3.61. The maximum Gasteiger partial charge on any atom is 0.272 e. The van der Waals surface area contributed by atoms with Crippen LogP contribution in [0.4, 0.5) is 0 Å². The lowest BCUT2D eigenvalue weighted by Gasteiger charge is -2.21. The van der Waals surface area contributed by atoms with Crippen LogP contribution in [0.25, 0.3) is 0 Å². The smallest absolute Gasteiger partial charge is 0.272 e. The third-order valence-corrected chi connectivity index (χ3v) is 4.50. The molecule has 2 aromatic rings. The van der Waals surface area contributed by atoms with Crippen molar-refractivity contribution in [3.63, 3.8) is 0 Å². The molecule has 1 fully saturated rings. The van der Waals surface area contributed by atoms with Gasteiger partial charge in [-0.25, -0.2) is 0 Å². The first kappa shape index (κ1) is 17.1. The van der Waals surface area contributed by atoms with E-state index in [9.17, 15) is 9.59 Å². The van der Waals surface area contributed by atoms with Crippen LogP contribution in [0, 0.1) is 0 Å². The maximum atomic E-state index is 12.8. The highest BCUT2D eigenvalue weighted by molar-refractivity contribution is 5.98. The fourth-order valence-corrected chi connectivity index (χ4v) is 3.08. The summed E-state index contributed by atoms with van der Waals surface area (Å²) >= 11 is 0. The fraction of sp³-hybridized carbons (Fsp3) is 0.350. The van der Waals surface area contributed by atoms with Gasteiger partial charge in [-0.3, -0.25) is 14.6 Å². The van der Waals surface area contributed by atoms with Crippen molar-refractivity contribution < 1.29 is 9.59 Å². The van der Waals surface area contributed by atoms with Gasteiger partial charge < -0.3 is 9.80 Å². The average Bonchev–Trinajstić information content (AvgIpc) is 3.20. The van der Waals surface area contributed by atoms with E-state index in [1.807, 2.05) is 37.3 Å². The Labute approximate surface area is 148 Å². The van der Waals surface area contributed by atoms with Crippen LogP contribution in [-0.4, -0.2) is 46.2 Å². The van der Waals surface area contributed by atoms with E-state index in [1.54, 1.807) is 28.1 Å². The minimum absolute atomic E-state index is 0.0794. The first-order valence-electron chi connectivity index (χ1n) is 8.77. The van der Waals surface area contributed by atoms with Gasteiger partial charge in [0.2, 0.25) is 0 Å². The number of carbonyl (C=O) groups is 2. The molecule has 1 aromatic carbocycles. The zero-order valence-electron chi connectivity index (χ0n) is 14.5. The third kappa shape index (κ3) is 4.05. The quantitative estimate of drug-likeness (QED) is 0.843. The van der Waals surface area contributed by atoms with Gasteiger partial charge in [-0.2, -0.15) is 0 Å². The molecule has 0 spiro atoms. The Morgan fingerprint density at radius 1 is 1.12 bits per heavy atom. The number of likely N-dealkylation sites (tertiary alicyclic amines) is 1. The highest BCUT2D eigenvalue weighted by Crippen LogP contribution is 2.14. The Hall–Kier alpha value is -2.69. The van der Waals surface area contributed by atoms with Gasteiger partial charge in [0.05, 0.1) is 0 Å². The highest BCUT2D eigenvalue weighted by atomic mass is 16.2. The number of rotatable bonds is 5. The molecule has 0 aliphatic carbocycles. The van der Waals surface area contributed by atoms with Crippen molar-refractivity contribution >= 4 is 11.8 Å². The molecule has 2 heterocycles. The summed E-state index contributed by atoms with van der Waals surface area (Å²) in [7, 11) is 0. The molecule has 1 aromatic heterocycles. The van der Waals surface area contributed by atoms with Crippen molar-refractivity contribution in [1.82, 2.24) is 14.8 Å². The van der Waals surface area contributed by atoms with Crippen LogP contribution in [0.2, 0.25) is 0 Å². The van der Waals surface area contributed by atoms with Crippen LogP contribution in [0.15, 0.2) is 48.7 Å². The topological polar surface area (TPSA) is 53.5 Å². The lowest BCUT2D eigenvalue weighted by molar-refractivity contribution is 0.0752. The van der Waals surface area contributed by atoms with Crippen molar-refractivity contribution in [1.29, 1.82) is 0 Å². The molecule has 1 saturated heterocycles. The van der Waals surface area contributed by atoms with Crippen molar-refractivity contribution in [2.75, 3.05) is 19.6 Å². The van der Waals surface area contributed by atoms with Crippen molar-refractivity contribution in [3.8, 4) is 0 Å². The Bertz CT molecular complexity index is 740. The molecule has 130 valence electrons. The summed E-state index contributed by atoms with van der Waals surface area (Å²) in [4.78, 5) is 33.1. The van der Waals surface area contributed by atoms with Crippen LogP contribution in [0.1, 0.15) is 46.2 Å². The number of nitrogens with zero attached hydrogens (tertiary/aromatic N) is 3. The van der Waals surface area contributed by atoms with E-state index >= 15 is 0 Å². The molecular weight excluding hydrogens is 314 g/mol. The van der Waals surface area contributed by atoms with E-state index in [2.05, 4.69) is 4.98 Å². The maximum absolute atomic E-state index is 12.8. The molecule has 0 unspecified atom stereocenters. The Kier molecular flexibility index (Phi) is 5.43. The predicted octanol–water partition coefficient (Wildman–Crippen LogP) is 2.98. The summed E-state index contributed by atoms with van der Waals surface area (Å²) in [6.45, 7) is 4.65. The fourth-order valence-electron chi connectivity index (χ4n) is 3.08. The van der Waals surface area contributed by atoms with E-state index in [0.29, 0.717) is 24.3 Å². The summed E-state index contributed by atoms with van der Waals surface area (Å²) in [6, 6.07) is 13.2. The zero-order chi connectivity index (χ0) is 17.6. The largest absolute Gasteiger partial charge is 0.337 e. The molecule has 5 heteroatoms. The summed E-state index contributed by atoms with van der Waals surface area (Å²) < 4.78 is 0. The van der Waals surface area contributed by atoms with Crippen molar-refractivity contribution in [2.24, 2.45) is 0 Å². The van der Waals surface area contributed by atoms with Crippen LogP contribution in [-0.2, 0) is 6.54 Å². The molecule has 25 heavy (non-hydrogen) atoms. The Morgan fingerprint density at radius 2 is 1.84 bits per heavy atom. The standard InChI is InChI=1S/C20H23N3O2/c1-2-22(15-16-8-4-3-5-9-16)19(24)17-10-11-21-18(14-17)20(25)23-12-6-7-13-23/h3-5,8-11,14H,2,6-7,12-13,15H2,1H3. The van der Waals surface area contributed by atoms with Gasteiger partial charge in [0.15, 0.2) is 0 Å². The molecule has 2 amide bonds. The number of pyridine rings is 1. The van der Waals surface area contributed by atoms with Gasteiger partial charge >= 0.3 is 0 Å². The summed E-state index contributed by atoms with van der Waals surface area (Å²) in [5.74, 6) is -0.164. The number of hydrogen-bond acceptors (Lipinski definition) is 3. The lowest BCUT2D eigenvalue weighted by atomic mass is 10.1. The second kappa shape index (κ2) is 7.92. The normalized spacial score (nSPS) is 13.7. The molecule has 0 saturated carbocycles. The molecule has 3 rings (SSSR count). The predicted molar refractivity (Wildman–Crippen MR) is 96.2 cm³/mol. The van der Waals surface area contributed by atoms with Gasteiger partial charge in [0.1, 0.15) is 5.69 Å². The highest BCUT2D eigenvalue weighted by Gasteiger charge is 2.22. The Balaban J connectivity index is 1.76. The number of amides is 2. The van der Waals surface area contributed by atoms with Gasteiger partial charge in [-0.1, -0.05) is 30.3 Å². The zero-order valence-corrected chi connectivity index (χ0v) is 14.5. The first-order valence-corrected chi connectivity index (χ1v) is 8.77. The minimum atomic E-state index is -0.0849. The van der Waals surface area contributed by atoms with E-state index in [1.165, 1.54) is 0 Å². The minimum Gasteiger partial charge on any atom is -0.337 e. The van der Waals surface area contributed by atoms with E-state index in [-0.39, 0.29) is 11.8 Å². The molecule has 5 nitrogen and oxygen atoms in total. The number of benzene rings is 1. The summed E-state index contributed by atoms with van der Waals surface area (Å²) in [5.41, 5.74) is 1.94. The van der Waals surface area contributed by atoms with Crippen LogP contribution in [0.3, 0.4) is 0 Å². The van der Waals surface area contributed by atoms with Gasteiger partial charge in [-0.15, -0.1) is 0 Å². The van der Waals surface area contributed by atoms with Crippen molar-refractivity contribution in [3.05, 3.63) is 65.5 Å². The van der Waals surface area contributed by atoms with Crippen LogP contribution < -0.4 is 0 Å². The van der Waals surface area contributed by atoms with Crippen LogP contribution >= 0.6 is 0 Å².